The van der Waals surface area contributed by atoms with Crippen molar-refractivity contribution in [1.29, 1.82) is 0 Å². The number of methoxy groups -OCH3 is 1. The van der Waals surface area contributed by atoms with Crippen LogP contribution in [0.2, 0.25) is 0 Å². The van der Waals surface area contributed by atoms with Crippen LogP contribution in [-0.4, -0.2) is 26.1 Å². The fourth-order valence-electron chi connectivity index (χ4n) is 2.34. The summed E-state index contributed by atoms with van der Waals surface area (Å²) in [5.74, 6) is 1.17. The van der Waals surface area contributed by atoms with E-state index in [2.05, 4.69) is 11.8 Å². The van der Waals surface area contributed by atoms with Crippen molar-refractivity contribution in [2.75, 3.05) is 25.1 Å². The minimum Gasteiger partial charge on any atom is -0.495 e. The maximum absolute atomic E-state index is 11.3. The van der Waals surface area contributed by atoms with Crippen molar-refractivity contribution in [2.45, 2.75) is 19.8 Å². The van der Waals surface area contributed by atoms with Crippen molar-refractivity contribution < 1.29 is 9.53 Å². The molecule has 1 amide bonds. The number of hydrogen-bond acceptors (Lipinski definition) is 3. The highest BCUT2D eigenvalue weighted by atomic mass is 35.5. The van der Waals surface area contributed by atoms with Crippen molar-refractivity contribution in [3.05, 3.63) is 23.8 Å². The Balaban J connectivity index is 0.00000180. The monoisotopic (exact) mass is 284 g/mol. The Kier molecular flexibility index (Phi) is 5.48. The second-order valence-corrected chi connectivity index (χ2v) is 4.92. The van der Waals surface area contributed by atoms with Crippen molar-refractivity contribution >= 4 is 24.0 Å². The number of amides is 1. The van der Waals surface area contributed by atoms with Gasteiger partial charge in [0.2, 0.25) is 5.91 Å². The second kappa shape index (κ2) is 6.66. The molecule has 5 heteroatoms. The summed E-state index contributed by atoms with van der Waals surface area (Å²) in [7, 11) is 1.65. The molecule has 0 saturated carbocycles. The zero-order valence-electron chi connectivity index (χ0n) is 11.4. The standard InChI is InChI=1S/C14H20N2O2.ClH/c1-10-5-7-16(8-6-10)12-9-11(14(15)17)3-4-13(12)18-2;/h3-4,9-10H,5-8H2,1-2H3,(H2,15,17);1H. The van der Waals surface area contributed by atoms with E-state index in [9.17, 15) is 4.79 Å². The summed E-state index contributed by atoms with van der Waals surface area (Å²) in [5.41, 5.74) is 6.83. The smallest absolute Gasteiger partial charge is 0.248 e. The minimum atomic E-state index is -0.399. The van der Waals surface area contributed by atoms with Crippen molar-refractivity contribution in [3.8, 4) is 5.75 Å². The number of ether oxygens (including phenoxy) is 1. The molecule has 1 aromatic carbocycles. The van der Waals surface area contributed by atoms with E-state index >= 15 is 0 Å². The van der Waals surface area contributed by atoms with Crippen LogP contribution in [-0.2, 0) is 0 Å². The topological polar surface area (TPSA) is 55.6 Å². The van der Waals surface area contributed by atoms with E-state index in [4.69, 9.17) is 10.5 Å². The van der Waals surface area contributed by atoms with Gasteiger partial charge in [-0.3, -0.25) is 4.79 Å². The molecule has 1 saturated heterocycles. The highest BCUT2D eigenvalue weighted by molar-refractivity contribution is 5.94. The Hall–Kier alpha value is -1.42. The van der Waals surface area contributed by atoms with Crippen LogP contribution in [0.25, 0.3) is 0 Å². The van der Waals surface area contributed by atoms with Crippen molar-refractivity contribution in [1.82, 2.24) is 0 Å². The molecule has 1 aliphatic heterocycles. The Labute approximate surface area is 120 Å². The van der Waals surface area contributed by atoms with Crippen LogP contribution < -0.4 is 15.4 Å². The fourth-order valence-corrected chi connectivity index (χ4v) is 2.34. The number of rotatable bonds is 3. The SMILES string of the molecule is COc1ccc(C(N)=O)cc1N1CCC(C)CC1.Cl. The molecular formula is C14H21ClN2O2. The third kappa shape index (κ3) is 3.53. The van der Waals surface area contributed by atoms with Gasteiger partial charge in [-0.15, -0.1) is 12.4 Å². The predicted octanol–water partition coefficient (Wildman–Crippen LogP) is 2.45. The highest BCUT2D eigenvalue weighted by Crippen LogP contribution is 2.32. The number of halogens is 1. The van der Waals surface area contributed by atoms with Gasteiger partial charge in [-0.1, -0.05) is 6.92 Å². The van der Waals surface area contributed by atoms with Crippen LogP contribution in [0.1, 0.15) is 30.1 Å². The van der Waals surface area contributed by atoms with E-state index in [0.29, 0.717) is 5.56 Å². The molecular weight excluding hydrogens is 264 g/mol. The summed E-state index contributed by atoms with van der Waals surface area (Å²) in [6.45, 7) is 4.27. The van der Waals surface area contributed by atoms with E-state index in [1.807, 2.05) is 12.1 Å². The fraction of sp³-hybridized carbons (Fsp3) is 0.500. The predicted molar refractivity (Wildman–Crippen MR) is 79.4 cm³/mol. The first kappa shape index (κ1) is 15.6. The van der Waals surface area contributed by atoms with Crippen molar-refractivity contribution in [3.63, 3.8) is 0 Å². The third-order valence-corrected chi connectivity index (χ3v) is 3.59. The van der Waals surface area contributed by atoms with Crippen molar-refractivity contribution in [2.24, 2.45) is 11.7 Å². The molecule has 1 heterocycles. The zero-order chi connectivity index (χ0) is 13.1. The average Bonchev–Trinajstić information content (AvgIpc) is 2.39. The quantitative estimate of drug-likeness (QED) is 0.927. The lowest BCUT2D eigenvalue weighted by Crippen LogP contribution is -2.33. The van der Waals surface area contributed by atoms with E-state index in [1.165, 1.54) is 12.8 Å². The molecule has 0 spiro atoms. The number of nitrogens with two attached hydrogens (primary N) is 1. The summed E-state index contributed by atoms with van der Waals surface area (Å²) in [6.07, 6.45) is 2.34. The highest BCUT2D eigenvalue weighted by Gasteiger charge is 2.19. The first-order chi connectivity index (χ1) is 8.61. The number of anilines is 1. The van der Waals surface area contributed by atoms with Gasteiger partial charge in [0.05, 0.1) is 12.8 Å². The van der Waals surface area contributed by atoms with Gasteiger partial charge in [-0.2, -0.15) is 0 Å². The Morgan fingerprint density at radius 3 is 2.53 bits per heavy atom. The van der Waals surface area contributed by atoms with Gasteiger partial charge in [-0.05, 0) is 37.0 Å². The summed E-state index contributed by atoms with van der Waals surface area (Å²) < 4.78 is 5.37. The van der Waals surface area contributed by atoms with Crippen LogP contribution >= 0.6 is 12.4 Å². The van der Waals surface area contributed by atoms with Gasteiger partial charge in [0.1, 0.15) is 5.75 Å². The maximum atomic E-state index is 11.3. The number of primary amides is 1. The normalized spacial score (nSPS) is 15.8. The van der Waals surface area contributed by atoms with Crippen LogP contribution in [0.5, 0.6) is 5.75 Å². The molecule has 0 aliphatic carbocycles. The zero-order valence-corrected chi connectivity index (χ0v) is 12.2. The van der Waals surface area contributed by atoms with E-state index in [-0.39, 0.29) is 12.4 Å². The third-order valence-electron chi connectivity index (χ3n) is 3.59. The maximum Gasteiger partial charge on any atom is 0.248 e. The molecule has 4 nitrogen and oxygen atoms in total. The van der Waals surface area contributed by atoms with Gasteiger partial charge in [-0.25, -0.2) is 0 Å². The molecule has 2 N–H and O–H groups in total. The molecule has 0 bridgehead atoms. The molecule has 1 aromatic rings. The van der Waals surface area contributed by atoms with Crippen LogP contribution in [0.4, 0.5) is 5.69 Å². The lowest BCUT2D eigenvalue weighted by molar-refractivity contribution is 0.100. The van der Waals surface area contributed by atoms with Crippen LogP contribution in [0, 0.1) is 5.92 Å². The molecule has 2 rings (SSSR count). The second-order valence-electron chi connectivity index (χ2n) is 4.92. The van der Waals surface area contributed by atoms with Gasteiger partial charge in [0, 0.05) is 18.7 Å². The molecule has 106 valence electrons. The first-order valence-corrected chi connectivity index (χ1v) is 6.34. The number of carbonyl (C=O) groups is 1. The van der Waals surface area contributed by atoms with Crippen LogP contribution in [0.3, 0.4) is 0 Å². The van der Waals surface area contributed by atoms with Gasteiger partial charge in [0.25, 0.3) is 0 Å². The summed E-state index contributed by atoms with van der Waals surface area (Å²) in [4.78, 5) is 13.5. The molecule has 1 aliphatic rings. The Morgan fingerprint density at radius 1 is 1.37 bits per heavy atom. The Bertz CT molecular complexity index is 443. The summed E-state index contributed by atoms with van der Waals surface area (Å²) >= 11 is 0. The molecule has 0 radical (unpaired) electrons. The van der Waals surface area contributed by atoms with E-state index in [1.54, 1.807) is 13.2 Å². The largest absolute Gasteiger partial charge is 0.495 e. The minimum absolute atomic E-state index is 0. The Morgan fingerprint density at radius 2 is 2.00 bits per heavy atom. The molecule has 0 aromatic heterocycles. The lowest BCUT2D eigenvalue weighted by Gasteiger charge is -2.33. The summed E-state index contributed by atoms with van der Waals surface area (Å²) in [6, 6.07) is 5.35. The van der Waals surface area contributed by atoms with E-state index in [0.717, 1.165) is 30.4 Å². The van der Waals surface area contributed by atoms with Crippen LogP contribution in [0.15, 0.2) is 18.2 Å². The van der Waals surface area contributed by atoms with Gasteiger partial charge in [0.15, 0.2) is 0 Å². The number of carbonyl (C=O) groups excluding carboxylic acids is 1. The lowest BCUT2D eigenvalue weighted by atomic mass is 9.98. The number of piperidine rings is 1. The molecule has 0 atom stereocenters. The average molecular weight is 285 g/mol. The van der Waals surface area contributed by atoms with E-state index < -0.39 is 5.91 Å². The van der Waals surface area contributed by atoms with Gasteiger partial charge < -0.3 is 15.4 Å². The van der Waals surface area contributed by atoms with Gasteiger partial charge >= 0.3 is 0 Å². The number of hydrogen-bond donors (Lipinski definition) is 1. The number of nitrogens with zero attached hydrogens (tertiary/aromatic N) is 1. The number of benzene rings is 1. The summed E-state index contributed by atoms with van der Waals surface area (Å²) in [5, 5.41) is 0. The molecule has 1 fully saturated rings. The molecule has 0 unspecified atom stereocenters. The first-order valence-electron chi connectivity index (χ1n) is 6.34. The molecule has 19 heavy (non-hydrogen) atoms.